The van der Waals surface area contributed by atoms with Gasteiger partial charge in [-0.25, -0.2) is 13.1 Å². The molecule has 0 bridgehead atoms. The van der Waals surface area contributed by atoms with Gasteiger partial charge in [-0.2, -0.15) is 0 Å². The molecule has 2 aromatic rings. The van der Waals surface area contributed by atoms with Gasteiger partial charge in [0, 0.05) is 13.1 Å². The lowest BCUT2D eigenvalue weighted by Crippen LogP contribution is -2.43. The van der Waals surface area contributed by atoms with E-state index in [2.05, 4.69) is 33.9 Å². The molecule has 0 saturated carbocycles. The highest BCUT2D eigenvalue weighted by molar-refractivity contribution is 7.88. The van der Waals surface area contributed by atoms with Gasteiger partial charge >= 0.3 is 0 Å². The van der Waals surface area contributed by atoms with Crippen LogP contribution in [-0.4, -0.2) is 45.9 Å². The van der Waals surface area contributed by atoms with Gasteiger partial charge in [0.25, 0.3) is 0 Å². The van der Waals surface area contributed by atoms with E-state index in [1.165, 1.54) is 17.2 Å². The fourth-order valence-electron chi connectivity index (χ4n) is 3.88. The molecule has 4 rings (SSSR count). The molecule has 6 heteroatoms. The molecule has 1 heterocycles. The van der Waals surface area contributed by atoms with Gasteiger partial charge < -0.3 is 4.74 Å². The first-order valence-corrected chi connectivity index (χ1v) is 9.74. The summed E-state index contributed by atoms with van der Waals surface area (Å²) in [6.45, 7) is 3.01. The van der Waals surface area contributed by atoms with E-state index in [-0.39, 0.29) is 12.1 Å². The van der Waals surface area contributed by atoms with Crippen LogP contribution in [0.1, 0.15) is 23.2 Å². The SMILES string of the molecule is CS(=O)(=O)N[C@H]1c2cccc3cccc(c23)[C@@H]1N1CCOCC1. The van der Waals surface area contributed by atoms with Gasteiger partial charge in [-0.15, -0.1) is 0 Å². The molecule has 1 saturated heterocycles. The van der Waals surface area contributed by atoms with Crippen LogP contribution in [0.5, 0.6) is 0 Å². The van der Waals surface area contributed by atoms with Gasteiger partial charge in [-0.1, -0.05) is 36.4 Å². The predicted octanol–water partition coefficient (Wildman–Crippen LogP) is 1.82. The van der Waals surface area contributed by atoms with E-state index in [1.807, 2.05) is 12.1 Å². The Labute approximate surface area is 136 Å². The number of nitrogens with one attached hydrogen (secondary N) is 1. The summed E-state index contributed by atoms with van der Waals surface area (Å²) in [6.07, 6.45) is 1.23. The van der Waals surface area contributed by atoms with Gasteiger partial charge in [-0.3, -0.25) is 4.90 Å². The third kappa shape index (κ3) is 2.65. The Bertz CT molecular complexity index is 839. The molecular formula is C17H20N2O3S. The van der Waals surface area contributed by atoms with Gasteiger partial charge in [0.05, 0.1) is 31.6 Å². The average molecular weight is 332 g/mol. The summed E-state index contributed by atoms with van der Waals surface area (Å²) in [5.74, 6) is 0. The average Bonchev–Trinajstić information content (AvgIpc) is 2.83. The summed E-state index contributed by atoms with van der Waals surface area (Å²) in [4.78, 5) is 2.33. The summed E-state index contributed by atoms with van der Waals surface area (Å²) in [5.41, 5.74) is 2.28. The minimum atomic E-state index is -3.30. The third-order valence-corrected chi connectivity index (χ3v) is 5.40. The van der Waals surface area contributed by atoms with Crippen molar-refractivity contribution >= 4 is 20.8 Å². The van der Waals surface area contributed by atoms with Crippen LogP contribution in [0.4, 0.5) is 0 Å². The molecule has 0 aromatic heterocycles. The molecule has 2 aromatic carbocycles. The highest BCUT2D eigenvalue weighted by atomic mass is 32.2. The highest BCUT2D eigenvalue weighted by Gasteiger charge is 2.39. The maximum atomic E-state index is 11.9. The van der Waals surface area contributed by atoms with Gasteiger partial charge in [0.15, 0.2) is 0 Å². The summed E-state index contributed by atoms with van der Waals surface area (Å²) in [6, 6.07) is 12.2. The Morgan fingerprint density at radius 1 is 1.09 bits per heavy atom. The van der Waals surface area contributed by atoms with E-state index in [4.69, 9.17) is 4.74 Å². The van der Waals surface area contributed by atoms with Crippen molar-refractivity contribution in [3.63, 3.8) is 0 Å². The molecule has 122 valence electrons. The normalized spacial score (nSPS) is 25.1. The molecule has 1 fully saturated rings. The monoisotopic (exact) mass is 332 g/mol. The predicted molar refractivity (Wildman–Crippen MR) is 89.8 cm³/mol. The van der Waals surface area contributed by atoms with E-state index in [9.17, 15) is 8.42 Å². The van der Waals surface area contributed by atoms with Crippen LogP contribution in [0, 0.1) is 0 Å². The topological polar surface area (TPSA) is 58.6 Å². The minimum absolute atomic E-state index is 0.0229. The maximum absolute atomic E-state index is 11.9. The lowest BCUT2D eigenvalue weighted by molar-refractivity contribution is 0.0106. The summed E-state index contributed by atoms with van der Waals surface area (Å²) in [7, 11) is -3.30. The smallest absolute Gasteiger partial charge is 0.209 e. The van der Waals surface area contributed by atoms with Crippen molar-refractivity contribution in [2.24, 2.45) is 0 Å². The van der Waals surface area contributed by atoms with Crippen LogP contribution < -0.4 is 4.72 Å². The first-order chi connectivity index (χ1) is 11.0. The van der Waals surface area contributed by atoms with Gasteiger partial charge in [-0.05, 0) is 21.9 Å². The molecule has 0 amide bonds. The molecule has 0 unspecified atom stereocenters. The third-order valence-electron chi connectivity index (χ3n) is 4.72. The first-order valence-electron chi connectivity index (χ1n) is 7.85. The minimum Gasteiger partial charge on any atom is -0.379 e. The number of benzene rings is 2. The number of morpholine rings is 1. The van der Waals surface area contributed by atoms with Crippen molar-refractivity contribution in [2.75, 3.05) is 32.6 Å². The zero-order valence-corrected chi connectivity index (χ0v) is 13.8. The molecule has 1 N–H and O–H groups in total. The first kappa shape index (κ1) is 15.1. The summed E-state index contributed by atoms with van der Waals surface area (Å²) < 4.78 is 32.2. The molecule has 2 atom stereocenters. The molecular weight excluding hydrogens is 312 g/mol. The molecule has 0 spiro atoms. The van der Waals surface area contributed by atoms with Crippen LogP contribution in [0.2, 0.25) is 0 Å². The zero-order valence-electron chi connectivity index (χ0n) is 13.0. The molecule has 2 aliphatic rings. The second-order valence-corrected chi connectivity index (χ2v) is 8.03. The fraction of sp³-hybridized carbons (Fsp3) is 0.412. The van der Waals surface area contributed by atoms with Crippen LogP contribution in [0.25, 0.3) is 10.8 Å². The molecule has 23 heavy (non-hydrogen) atoms. The van der Waals surface area contributed by atoms with Gasteiger partial charge in [0.1, 0.15) is 0 Å². The van der Waals surface area contributed by atoms with E-state index in [0.717, 1.165) is 24.0 Å². The number of hydrogen-bond acceptors (Lipinski definition) is 4. The van der Waals surface area contributed by atoms with Crippen molar-refractivity contribution in [2.45, 2.75) is 12.1 Å². The van der Waals surface area contributed by atoms with E-state index in [0.29, 0.717) is 13.2 Å². The standard InChI is InChI=1S/C17H20N2O3S/c1-23(20,21)18-16-13-6-2-4-12-5-3-7-14(15(12)13)17(16)19-8-10-22-11-9-19/h2-7,16-18H,8-11H2,1H3/t16-,17-/m0/s1. The van der Waals surface area contributed by atoms with Crippen LogP contribution in [0.15, 0.2) is 36.4 Å². The van der Waals surface area contributed by atoms with Crippen molar-refractivity contribution in [3.05, 3.63) is 47.5 Å². The van der Waals surface area contributed by atoms with E-state index < -0.39 is 10.0 Å². The number of hydrogen-bond donors (Lipinski definition) is 1. The quantitative estimate of drug-likeness (QED) is 0.931. The molecule has 0 radical (unpaired) electrons. The number of ether oxygens (including phenoxy) is 1. The second kappa shape index (κ2) is 5.56. The Morgan fingerprint density at radius 3 is 2.39 bits per heavy atom. The summed E-state index contributed by atoms with van der Waals surface area (Å²) in [5, 5.41) is 2.35. The van der Waals surface area contributed by atoms with Crippen molar-refractivity contribution in [1.82, 2.24) is 9.62 Å². The number of rotatable bonds is 3. The number of sulfonamides is 1. The molecule has 1 aliphatic carbocycles. The van der Waals surface area contributed by atoms with Crippen LogP contribution in [-0.2, 0) is 14.8 Å². The van der Waals surface area contributed by atoms with Crippen molar-refractivity contribution < 1.29 is 13.2 Å². The summed E-state index contributed by atoms with van der Waals surface area (Å²) >= 11 is 0. The Hall–Kier alpha value is -1.47. The molecule has 5 nitrogen and oxygen atoms in total. The van der Waals surface area contributed by atoms with E-state index >= 15 is 0 Å². The van der Waals surface area contributed by atoms with E-state index in [1.54, 1.807) is 0 Å². The van der Waals surface area contributed by atoms with Crippen molar-refractivity contribution in [3.8, 4) is 0 Å². The molecule has 1 aliphatic heterocycles. The lowest BCUT2D eigenvalue weighted by atomic mass is 10.0. The lowest BCUT2D eigenvalue weighted by Gasteiger charge is -2.36. The van der Waals surface area contributed by atoms with Crippen LogP contribution >= 0.6 is 0 Å². The van der Waals surface area contributed by atoms with Crippen LogP contribution in [0.3, 0.4) is 0 Å². The number of nitrogens with zero attached hydrogens (tertiary/aromatic N) is 1. The fourth-order valence-corrected chi connectivity index (χ4v) is 4.59. The maximum Gasteiger partial charge on any atom is 0.209 e. The largest absolute Gasteiger partial charge is 0.379 e. The Balaban J connectivity index is 1.87. The zero-order chi connectivity index (χ0) is 16.0. The van der Waals surface area contributed by atoms with Crippen molar-refractivity contribution in [1.29, 1.82) is 0 Å². The van der Waals surface area contributed by atoms with Gasteiger partial charge in [0.2, 0.25) is 10.0 Å². The highest BCUT2D eigenvalue weighted by Crippen LogP contribution is 2.47. The Morgan fingerprint density at radius 2 is 1.74 bits per heavy atom. The second-order valence-electron chi connectivity index (χ2n) is 6.25. The Kier molecular flexibility index (Phi) is 3.65.